The topological polar surface area (TPSA) is 61.8 Å². The number of nitrogens with zero attached hydrogens (tertiary/aromatic N) is 1. The van der Waals surface area contributed by atoms with Gasteiger partial charge in [-0.2, -0.15) is 0 Å². The molecule has 33 heavy (non-hydrogen) atoms. The Morgan fingerprint density at radius 3 is 2.61 bits per heavy atom. The van der Waals surface area contributed by atoms with E-state index >= 15 is 0 Å². The van der Waals surface area contributed by atoms with Crippen LogP contribution in [0, 0.1) is 17.8 Å². The number of rotatable bonds is 5. The number of allylic oxidation sites excluding steroid dienone is 3. The highest BCUT2D eigenvalue weighted by Crippen LogP contribution is 2.35. The van der Waals surface area contributed by atoms with Gasteiger partial charge in [-0.3, -0.25) is 9.69 Å². The second-order valence-corrected chi connectivity index (χ2v) is 8.99. The fourth-order valence-electron chi connectivity index (χ4n) is 4.66. The zero-order valence-electron chi connectivity index (χ0n) is 18.5. The molecule has 2 aromatic rings. The summed E-state index contributed by atoms with van der Waals surface area (Å²) in [6.07, 6.45) is 6.82. The summed E-state index contributed by atoms with van der Waals surface area (Å²) in [5, 5.41) is 12.7. The molecule has 1 saturated heterocycles. The summed E-state index contributed by atoms with van der Waals surface area (Å²) < 4.78 is 5.84. The normalized spacial score (nSPS) is 24.1. The van der Waals surface area contributed by atoms with Crippen molar-refractivity contribution in [3.63, 3.8) is 0 Å². The zero-order chi connectivity index (χ0) is 22.6. The second kappa shape index (κ2) is 9.56. The summed E-state index contributed by atoms with van der Waals surface area (Å²) in [5.41, 5.74) is 4.40. The van der Waals surface area contributed by atoms with Crippen LogP contribution in [0.25, 0.3) is 0 Å². The Labute approximate surface area is 194 Å². The Bertz CT molecular complexity index is 1120. The summed E-state index contributed by atoms with van der Waals surface area (Å²) in [5.74, 6) is 6.52. The predicted octanol–water partition coefficient (Wildman–Crippen LogP) is 3.97. The van der Waals surface area contributed by atoms with Crippen LogP contribution in [-0.4, -0.2) is 41.1 Å². The van der Waals surface area contributed by atoms with Gasteiger partial charge in [-0.15, -0.1) is 0 Å². The van der Waals surface area contributed by atoms with Crippen LogP contribution in [0.2, 0.25) is 0 Å². The summed E-state index contributed by atoms with van der Waals surface area (Å²) >= 11 is 0. The molecule has 0 spiro atoms. The van der Waals surface area contributed by atoms with Gasteiger partial charge in [-0.05, 0) is 66.7 Å². The van der Waals surface area contributed by atoms with Crippen LogP contribution in [0.15, 0.2) is 78.0 Å². The first-order chi connectivity index (χ1) is 16.1. The maximum atomic E-state index is 11.1. The molecule has 0 bridgehead atoms. The number of piperidine rings is 1. The van der Waals surface area contributed by atoms with E-state index in [1.165, 1.54) is 5.57 Å². The van der Waals surface area contributed by atoms with Gasteiger partial charge in [0, 0.05) is 24.7 Å². The molecule has 168 valence electrons. The van der Waals surface area contributed by atoms with Crippen LogP contribution in [0.3, 0.4) is 0 Å². The third kappa shape index (κ3) is 5.13. The number of fused-ring (bicyclic) bond motifs is 1. The van der Waals surface area contributed by atoms with Crippen molar-refractivity contribution in [2.45, 2.75) is 38.0 Å². The highest BCUT2D eigenvalue weighted by molar-refractivity contribution is 5.71. The van der Waals surface area contributed by atoms with E-state index in [4.69, 9.17) is 9.84 Å². The third-order valence-electron chi connectivity index (χ3n) is 6.76. The monoisotopic (exact) mass is 440 g/mol. The molecule has 1 atom stereocenters. The Kier molecular flexibility index (Phi) is 6.19. The van der Waals surface area contributed by atoms with Crippen molar-refractivity contribution >= 4 is 5.97 Å². The number of dihydropyridines is 1. The average molecular weight is 441 g/mol. The summed E-state index contributed by atoms with van der Waals surface area (Å²) in [4.78, 5) is 13.5. The SMILES string of the molecule is O=C(O)C1CC(N2CCC3NC(C#Cc4ccc(OCc5ccccc5)cc4)=CC=C3C2)C1. The van der Waals surface area contributed by atoms with E-state index in [-0.39, 0.29) is 5.92 Å². The highest BCUT2D eigenvalue weighted by atomic mass is 16.5. The van der Waals surface area contributed by atoms with Crippen molar-refractivity contribution in [1.82, 2.24) is 10.2 Å². The first-order valence-electron chi connectivity index (χ1n) is 11.6. The highest BCUT2D eigenvalue weighted by Gasteiger charge is 2.40. The van der Waals surface area contributed by atoms with Crippen molar-refractivity contribution < 1.29 is 14.6 Å². The Hall–Kier alpha value is -3.49. The number of aliphatic carboxylic acids is 1. The van der Waals surface area contributed by atoms with Crippen molar-refractivity contribution in [3.8, 4) is 17.6 Å². The molecule has 2 N–H and O–H groups in total. The molecule has 1 saturated carbocycles. The van der Waals surface area contributed by atoms with Gasteiger partial charge in [0.05, 0.1) is 17.7 Å². The standard InChI is InChI=1S/C28H28N2O3/c31-28(32)23-16-25(17-23)30-15-14-27-22(18-30)9-11-24(29-27)10-6-20-7-12-26(13-8-20)33-19-21-4-2-1-3-5-21/h1-5,7-9,11-13,23,25,27,29H,14-19H2,(H,31,32). The molecule has 0 radical (unpaired) electrons. The van der Waals surface area contributed by atoms with Gasteiger partial charge in [0.15, 0.2) is 0 Å². The van der Waals surface area contributed by atoms with E-state index in [0.29, 0.717) is 18.7 Å². The van der Waals surface area contributed by atoms with Crippen LogP contribution < -0.4 is 10.1 Å². The molecule has 1 aliphatic carbocycles. The van der Waals surface area contributed by atoms with Gasteiger partial charge in [-0.1, -0.05) is 42.3 Å². The molecule has 5 heteroatoms. The zero-order valence-corrected chi connectivity index (χ0v) is 18.5. The maximum absolute atomic E-state index is 11.1. The number of carboxylic acid groups (broad SMARTS) is 1. The van der Waals surface area contributed by atoms with Crippen molar-refractivity contribution in [1.29, 1.82) is 0 Å². The average Bonchev–Trinajstić information content (AvgIpc) is 2.81. The van der Waals surface area contributed by atoms with Crippen molar-refractivity contribution in [3.05, 3.63) is 89.1 Å². The molecule has 2 aromatic carbocycles. The third-order valence-corrected chi connectivity index (χ3v) is 6.76. The fourth-order valence-corrected chi connectivity index (χ4v) is 4.66. The predicted molar refractivity (Wildman–Crippen MR) is 128 cm³/mol. The first-order valence-corrected chi connectivity index (χ1v) is 11.6. The van der Waals surface area contributed by atoms with E-state index in [2.05, 4.69) is 46.3 Å². The summed E-state index contributed by atoms with van der Waals surface area (Å²) in [7, 11) is 0. The lowest BCUT2D eigenvalue weighted by molar-refractivity contribution is -0.147. The van der Waals surface area contributed by atoms with E-state index in [1.807, 2.05) is 42.5 Å². The van der Waals surface area contributed by atoms with Gasteiger partial charge >= 0.3 is 5.97 Å². The van der Waals surface area contributed by atoms with E-state index in [0.717, 1.165) is 54.9 Å². The molecule has 1 unspecified atom stereocenters. The maximum Gasteiger partial charge on any atom is 0.306 e. The number of hydrogen-bond donors (Lipinski definition) is 2. The quantitative estimate of drug-likeness (QED) is 0.689. The number of carbonyl (C=O) groups is 1. The number of hydrogen-bond acceptors (Lipinski definition) is 4. The minimum absolute atomic E-state index is 0.155. The van der Waals surface area contributed by atoms with Gasteiger partial charge in [0.1, 0.15) is 12.4 Å². The number of carboxylic acids is 1. The summed E-state index contributed by atoms with van der Waals surface area (Å²) in [6.45, 7) is 2.46. The fraction of sp³-hybridized carbons (Fsp3) is 0.321. The number of ether oxygens (including phenoxy) is 1. The molecule has 0 aromatic heterocycles. The molecular weight excluding hydrogens is 412 g/mol. The molecule has 3 aliphatic rings. The van der Waals surface area contributed by atoms with Crippen molar-refractivity contribution in [2.24, 2.45) is 5.92 Å². The van der Waals surface area contributed by atoms with E-state index in [9.17, 15) is 4.79 Å². The van der Waals surface area contributed by atoms with Gasteiger partial charge < -0.3 is 15.2 Å². The Morgan fingerprint density at radius 1 is 1.06 bits per heavy atom. The van der Waals surface area contributed by atoms with Crippen LogP contribution in [-0.2, 0) is 11.4 Å². The van der Waals surface area contributed by atoms with Crippen molar-refractivity contribution in [2.75, 3.05) is 13.1 Å². The van der Waals surface area contributed by atoms with E-state index in [1.54, 1.807) is 0 Å². The summed E-state index contributed by atoms with van der Waals surface area (Å²) in [6, 6.07) is 18.7. The molecule has 2 aliphatic heterocycles. The van der Waals surface area contributed by atoms with Crippen LogP contribution in [0.4, 0.5) is 0 Å². The molecule has 5 rings (SSSR count). The first kappa shape index (κ1) is 21.4. The molecule has 0 amide bonds. The lowest BCUT2D eigenvalue weighted by Gasteiger charge is -2.46. The van der Waals surface area contributed by atoms with E-state index < -0.39 is 5.97 Å². The number of benzene rings is 2. The lowest BCUT2D eigenvalue weighted by atomic mass is 9.78. The van der Waals surface area contributed by atoms with Crippen LogP contribution in [0.5, 0.6) is 5.75 Å². The Morgan fingerprint density at radius 2 is 1.85 bits per heavy atom. The molecular formula is C28H28N2O3. The molecule has 5 nitrogen and oxygen atoms in total. The number of likely N-dealkylation sites (tertiary alicyclic amines) is 1. The smallest absolute Gasteiger partial charge is 0.306 e. The van der Waals surface area contributed by atoms with Crippen LogP contribution in [0.1, 0.15) is 30.4 Å². The number of nitrogens with one attached hydrogen (secondary N) is 1. The lowest BCUT2D eigenvalue weighted by Crippen LogP contribution is -2.53. The van der Waals surface area contributed by atoms with Gasteiger partial charge in [-0.25, -0.2) is 0 Å². The minimum atomic E-state index is -0.653. The van der Waals surface area contributed by atoms with Gasteiger partial charge in [0.25, 0.3) is 0 Å². The van der Waals surface area contributed by atoms with Gasteiger partial charge in [0.2, 0.25) is 0 Å². The minimum Gasteiger partial charge on any atom is -0.489 e. The largest absolute Gasteiger partial charge is 0.489 e. The second-order valence-electron chi connectivity index (χ2n) is 8.99. The molecule has 2 fully saturated rings. The molecule has 2 heterocycles. The Balaban J connectivity index is 1.15. The van der Waals surface area contributed by atoms with Crippen LogP contribution >= 0.6 is 0 Å².